The molecule has 20 heavy (non-hydrogen) atoms. The van der Waals surface area contributed by atoms with Gasteiger partial charge in [0.2, 0.25) is 0 Å². The SMILES string of the molecule is OCC1CCCCC1CNCc1cn2ccccc2n1. The van der Waals surface area contributed by atoms with Crippen LogP contribution in [-0.4, -0.2) is 27.6 Å². The van der Waals surface area contributed by atoms with Crippen molar-refractivity contribution in [1.82, 2.24) is 14.7 Å². The van der Waals surface area contributed by atoms with Gasteiger partial charge in [0.25, 0.3) is 0 Å². The predicted octanol–water partition coefficient (Wildman–Crippen LogP) is 2.22. The van der Waals surface area contributed by atoms with Gasteiger partial charge < -0.3 is 14.8 Å². The summed E-state index contributed by atoms with van der Waals surface area (Å²) >= 11 is 0. The molecule has 1 aliphatic carbocycles. The minimum Gasteiger partial charge on any atom is -0.396 e. The number of nitrogens with zero attached hydrogens (tertiary/aromatic N) is 2. The molecule has 4 heteroatoms. The van der Waals surface area contributed by atoms with Crippen LogP contribution in [-0.2, 0) is 6.54 Å². The molecule has 2 unspecified atom stereocenters. The first-order valence-electron chi connectivity index (χ1n) is 7.61. The molecular weight excluding hydrogens is 250 g/mol. The van der Waals surface area contributed by atoms with Crippen LogP contribution in [0.3, 0.4) is 0 Å². The van der Waals surface area contributed by atoms with Crippen LogP contribution in [0.25, 0.3) is 5.65 Å². The molecule has 108 valence electrons. The number of aromatic nitrogens is 2. The normalized spacial score (nSPS) is 23.2. The van der Waals surface area contributed by atoms with Crippen LogP contribution in [0, 0.1) is 11.8 Å². The Morgan fingerprint density at radius 2 is 2.10 bits per heavy atom. The molecule has 0 aliphatic heterocycles. The number of hydrogen-bond donors (Lipinski definition) is 2. The smallest absolute Gasteiger partial charge is 0.137 e. The Morgan fingerprint density at radius 1 is 1.25 bits per heavy atom. The Kier molecular flexibility index (Phi) is 4.33. The Hall–Kier alpha value is -1.39. The molecule has 0 saturated heterocycles. The molecule has 0 bridgehead atoms. The van der Waals surface area contributed by atoms with Crippen molar-refractivity contribution in [3.8, 4) is 0 Å². The molecule has 2 N–H and O–H groups in total. The second-order valence-corrected chi connectivity index (χ2v) is 5.82. The van der Waals surface area contributed by atoms with Crippen LogP contribution in [0.5, 0.6) is 0 Å². The largest absolute Gasteiger partial charge is 0.396 e. The summed E-state index contributed by atoms with van der Waals surface area (Å²) in [5, 5.41) is 12.9. The number of fused-ring (bicyclic) bond motifs is 1. The van der Waals surface area contributed by atoms with Gasteiger partial charge in [-0.1, -0.05) is 18.9 Å². The van der Waals surface area contributed by atoms with Gasteiger partial charge in [0.05, 0.1) is 5.69 Å². The summed E-state index contributed by atoms with van der Waals surface area (Å²) in [5.74, 6) is 1.10. The third-order valence-corrected chi connectivity index (χ3v) is 4.43. The zero-order valence-electron chi connectivity index (χ0n) is 11.8. The first kappa shape index (κ1) is 13.6. The molecule has 2 heterocycles. The number of pyridine rings is 1. The summed E-state index contributed by atoms with van der Waals surface area (Å²) < 4.78 is 2.05. The molecule has 0 spiro atoms. The van der Waals surface area contributed by atoms with Gasteiger partial charge in [-0.05, 0) is 43.4 Å². The fraction of sp³-hybridized carbons (Fsp3) is 0.562. The second kappa shape index (κ2) is 6.37. The Balaban J connectivity index is 1.54. The van der Waals surface area contributed by atoms with E-state index in [1.807, 2.05) is 28.8 Å². The van der Waals surface area contributed by atoms with E-state index in [1.54, 1.807) is 0 Å². The number of aliphatic hydroxyl groups excluding tert-OH is 1. The van der Waals surface area contributed by atoms with Crippen LogP contribution in [0.1, 0.15) is 31.4 Å². The summed E-state index contributed by atoms with van der Waals surface area (Å²) in [6.45, 7) is 2.12. The van der Waals surface area contributed by atoms with Gasteiger partial charge in [0, 0.05) is 25.5 Å². The van der Waals surface area contributed by atoms with Gasteiger partial charge in [-0.25, -0.2) is 4.98 Å². The fourth-order valence-corrected chi connectivity index (χ4v) is 3.25. The zero-order valence-corrected chi connectivity index (χ0v) is 11.8. The number of aliphatic hydroxyl groups is 1. The molecule has 1 saturated carbocycles. The van der Waals surface area contributed by atoms with Crippen LogP contribution in [0.15, 0.2) is 30.6 Å². The van der Waals surface area contributed by atoms with Gasteiger partial charge in [0.15, 0.2) is 0 Å². The Labute approximate surface area is 119 Å². The van der Waals surface area contributed by atoms with Crippen LogP contribution >= 0.6 is 0 Å². The lowest BCUT2D eigenvalue weighted by atomic mass is 9.79. The number of imidazole rings is 1. The Morgan fingerprint density at radius 3 is 2.90 bits per heavy atom. The number of rotatable bonds is 5. The quantitative estimate of drug-likeness (QED) is 0.878. The van der Waals surface area contributed by atoms with Gasteiger partial charge in [-0.2, -0.15) is 0 Å². The van der Waals surface area contributed by atoms with Gasteiger partial charge >= 0.3 is 0 Å². The van der Waals surface area contributed by atoms with E-state index in [0.717, 1.165) is 24.4 Å². The van der Waals surface area contributed by atoms with Crippen molar-refractivity contribution in [2.24, 2.45) is 11.8 Å². The van der Waals surface area contributed by atoms with E-state index >= 15 is 0 Å². The van der Waals surface area contributed by atoms with E-state index in [0.29, 0.717) is 18.4 Å². The number of hydrogen-bond acceptors (Lipinski definition) is 3. The molecule has 1 fully saturated rings. The predicted molar refractivity (Wildman–Crippen MR) is 79.4 cm³/mol. The van der Waals surface area contributed by atoms with Crippen molar-refractivity contribution in [3.05, 3.63) is 36.3 Å². The van der Waals surface area contributed by atoms with Crippen LogP contribution in [0.4, 0.5) is 0 Å². The molecule has 0 aromatic carbocycles. The summed E-state index contributed by atoms with van der Waals surface area (Å²) in [6, 6.07) is 6.04. The third-order valence-electron chi connectivity index (χ3n) is 4.43. The highest BCUT2D eigenvalue weighted by atomic mass is 16.3. The molecule has 2 aromatic rings. The highest BCUT2D eigenvalue weighted by molar-refractivity contribution is 5.39. The molecule has 2 aromatic heterocycles. The van der Waals surface area contributed by atoms with Crippen molar-refractivity contribution >= 4 is 5.65 Å². The Bertz CT molecular complexity index is 518. The zero-order chi connectivity index (χ0) is 13.8. The van der Waals surface area contributed by atoms with Gasteiger partial charge in [-0.15, -0.1) is 0 Å². The lowest BCUT2D eigenvalue weighted by Gasteiger charge is -2.30. The fourth-order valence-electron chi connectivity index (χ4n) is 3.25. The van der Waals surface area contributed by atoms with Crippen molar-refractivity contribution in [3.63, 3.8) is 0 Å². The maximum absolute atomic E-state index is 9.43. The minimum atomic E-state index is 0.334. The maximum atomic E-state index is 9.43. The molecule has 0 amide bonds. The average molecular weight is 273 g/mol. The van der Waals surface area contributed by atoms with Crippen molar-refractivity contribution < 1.29 is 5.11 Å². The first-order chi connectivity index (χ1) is 9.86. The lowest BCUT2D eigenvalue weighted by Crippen LogP contribution is -2.32. The molecule has 0 radical (unpaired) electrons. The topological polar surface area (TPSA) is 49.6 Å². The van der Waals surface area contributed by atoms with Crippen LogP contribution < -0.4 is 5.32 Å². The average Bonchev–Trinajstić information content (AvgIpc) is 2.90. The van der Waals surface area contributed by atoms with E-state index in [1.165, 1.54) is 25.7 Å². The molecule has 3 rings (SSSR count). The molecule has 4 nitrogen and oxygen atoms in total. The third kappa shape index (κ3) is 3.02. The van der Waals surface area contributed by atoms with E-state index in [2.05, 4.69) is 16.5 Å². The minimum absolute atomic E-state index is 0.334. The summed E-state index contributed by atoms with van der Waals surface area (Å²) in [4.78, 5) is 4.59. The molecule has 1 aliphatic rings. The van der Waals surface area contributed by atoms with Gasteiger partial charge in [-0.3, -0.25) is 0 Å². The van der Waals surface area contributed by atoms with Crippen molar-refractivity contribution in [2.75, 3.05) is 13.2 Å². The maximum Gasteiger partial charge on any atom is 0.137 e. The van der Waals surface area contributed by atoms with E-state index < -0.39 is 0 Å². The highest BCUT2D eigenvalue weighted by Crippen LogP contribution is 2.29. The summed E-state index contributed by atoms with van der Waals surface area (Å²) in [6.07, 6.45) is 9.09. The van der Waals surface area contributed by atoms with E-state index in [-0.39, 0.29) is 0 Å². The monoisotopic (exact) mass is 273 g/mol. The lowest BCUT2D eigenvalue weighted by molar-refractivity contribution is 0.133. The first-order valence-corrected chi connectivity index (χ1v) is 7.61. The standard InChI is InChI=1S/C16H23N3O/c20-12-14-6-2-1-5-13(14)9-17-10-15-11-19-8-4-3-7-16(19)18-15/h3-4,7-8,11,13-14,17,20H,1-2,5-6,9-10,12H2. The van der Waals surface area contributed by atoms with E-state index in [9.17, 15) is 5.11 Å². The van der Waals surface area contributed by atoms with Crippen LogP contribution in [0.2, 0.25) is 0 Å². The summed E-state index contributed by atoms with van der Waals surface area (Å²) in [5.41, 5.74) is 2.07. The van der Waals surface area contributed by atoms with Crippen molar-refractivity contribution in [2.45, 2.75) is 32.2 Å². The molecular formula is C16H23N3O. The molecule has 2 atom stereocenters. The second-order valence-electron chi connectivity index (χ2n) is 5.82. The number of nitrogens with one attached hydrogen (secondary N) is 1. The van der Waals surface area contributed by atoms with E-state index in [4.69, 9.17) is 0 Å². The van der Waals surface area contributed by atoms with Gasteiger partial charge in [0.1, 0.15) is 5.65 Å². The highest BCUT2D eigenvalue weighted by Gasteiger charge is 2.23. The van der Waals surface area contributed by atoms with Crippen molar-refractivity contribution in [1.29, 1.82) is 0 Å². The summed E-state index contributed by atoms with van der Waals surface area (Å²) in [7, 11) is 0.